The molecule has 1 rings (SSSR count). The van der Waals surface area contributed by atoms with Gasteiger partial charge in [-0.05, 0) is 12.3 Å². The lowest BCUT2D eigenvalue weighted by Gasteiger charge is -2.26. The third-order valence-electron chi connectivity index (χ3n) is 5.43. The van der Waals surface area contributed by atoms with Crippen LogP contribution in [-0.2, 0) is 35.2 Å². The normalized spacial score (nSPS) is 15.0. The van der Waals surface area contributed by atoms with Crippen molar-refractivity contribution in [1.82, 2.24) is 25.9 Å². The molecular weight excluding hydrogens is 478 g/mol. The Bertz CT molecular complexity index is 937. The molecule has 200 valence electrons. The zero-order chi connectivity index (χ0) is 27.4. The quantitative estimate of drug-likeness (QED) is 0.117. The number of imidazole rings is 1. The molecule has 0 aliphatic carbocycles. The van der Waals surface area contributed by atoms with Gasteiger partial charge < -0.3 is 42.6 Å². The highest BCUT2D eigenvalue weighted by Gasteiger charge is 2.33. The molecule has 15 nitrogen and oxygen atoms in total. The van der Waals surface area contributed by atoms with E-state index < -0.39 is 72.1 Å². The Morgan fingerprint density at radius 2 is 1.64 bits per heavy atom. The Hall–Kier alpha value is -4.01. The maximum absolute atomic E-state index is 13.1. The van der Waals surface area contributed by atoms with E-state index >= 15 is 0 Å². The SMILES string of the molecule is CCC(C)C(NC(=O)C(CC(N)=O)NC(=O)C(Cc1cnc[nH]1)NC(=O)C(N)CCC(=O)O)C(=O)O. The van der Waals surface area contributed by atoms with Gasteiger partial charge in [0.25, 0.3) is 0 Å². The van der Waals surface area contributed by atoms with Gasteiger partial charge in [0.2, 0.25) is 23.6 Å². The molecule has 1 aromatic heterocycles. The molecule has 0 radical (unpaired) electrons. The highest BCUT2D eigenvalue weighted by molar-refractivity contribution is 5.96. The Labute approximate surface area is 206 Å². The van der Waals surface area contributed by atoms with Crippen molar-refractivity contribution < 1.29 is 39.0 Å². The predicted octanol–water partition coefficient (Wildman–Crippen LogP) is -2.40. The second kappa shape index (κ2) is 14.4. The molecule has 0 spiro atoms. The van der Waals surface area contributed by atoms with Crippen molar-refractivity contribution in [2.75, 3.05) is 0 Å². The van der Waals surface area contributed by atoms with Crippen LogP contribution in [0, 0.1) is 5.92 Å². The molecule has 15 heteroatoms. The van der Waals surface area contributed by atoms with Crippen molar-refractivity contribution in [3.05, 3.63) is 18.2 Å². The van der Waals surface area contributed by atoms with Crippen molar-refractivity contribution in [3.8, 4) is 0 Å². The number of hydrogen-bond acceptors (Lipinski definition) is 8. The van der Waals surface area contributed by atoms with E-state index in [1.165, 1.54) is 12.5 Å². The number of hydrogen-bond donors (Lipinski definition) is 8. The Kier molecular flexibility index (Phi) is 12.0. The number of amides is 4. The third kappa shape index (κ3) is 10.1. The molecule has 10 N–H and O–H groups in total. The van der Waals surface area contributed by atoms with Crippen molar-refractivity contribution in [1.29, 1.82) is 0 Å². The van der Waals surface area contributed by atoms with E-state index in [9.17, 15) is 33.9 Å². The molecule has 0 saturated heterocycles. The number of carbonyl (C=O) groups excluding carboxylic acids is 4. The molecule has 1 heterocycles. The van der Waals surface area contributed by atoms with Gasteiger partial charge in [-0.15, -0.1) is 0 Å². The number of nitrogens with one attached hydrogen (secondary N) is 4. The highest BCUT2D eigenvalue weighted by Crippen LogP contribution is 2.09. The second-order valence-corrected chi connectivity index (χ2v) is 8.32. The Morgan fingerprint density at radius 1 is 1.03 bits per heavy atom. The average molecular weight is 512 g/mol. The largest absolute Gasteiger partial charge is 0.481 e. The molecule has 0 saturated carbocycles. The minimum atomic E-state index is -1.53. The first-order valence-electron chi connectivity index (χ1n) is 11.2. The van der Waals surface area contributed by atoms with Crippen LogP contribution in [-0.4, -0.2) is 79.9 Å². The number of rotatable bonds is 16. The van der Waals surface area contributed by atoms with Gasteiger partial charge >= 0.3 is 11.9 Å². The lowest BCUT2D eigenvalue weighted by molar-refractivity contribution is -0.144. The van der Waals surface area contributed by atoms with E-state index in [0.29, 0.717) is 12.1 Å². The zero-order valence-corrected chi connectivity index (χ0v) is 20.0. The lowest BCUT2D eigenvalue weighted by atomic mass is 9.98. The topological polar surface area (TPSA) is 260 Å². The smallest absolute Gasteiger partial charge is 0.326 e. The number of aromatic nitrogens is 2. The van der Waals surface area contributed by atoms with E-state index in [0.717, 1.165) is 0 Å². The monoisotopic (exact) mass is 511 g/mol. The summed E-state index contributed by atoms with van der Waals surface area (Å²) in [6.45, 7) is 3.35. The first kappa shape index (κ1) is 30.0. The summed E-state index contributed by atoms with van der Waals surface area (Å²) in [6.07, 6.45) is 1.88. The van der Waals surface area contributed by atoms with Crippen LogP contribution in [0.25, 0.3) is 0 Å². The summed E-state index contributed by atoms with van der Waals surface area (Å²) in [6, 6.07) is -5.33. The number of nitrogens with zero attached hydrogens (tertiary/aromatic N) is 1. The van der Waals surface area contributed by atoms with E-state index in [1.54, 1.807) is 13.8 Å². The predicted molar refractivity (Wildman–Crippen MR) is 124 cm³/mol. The van der Waals surface area contributed by atoms with Gasteiger partial charge in [-0.25, -0.2) is 9.78 Å². The van der Waals surface area contributed by atoms with Crippen LogP contribution in [0.1, 0.15) is 45.2 Å². The number of carboxylic acids is 2. The van der Waals surface area contributed by atoms with E-state index in [1.807, 2.05) is 0 Å². The maximum Gasteiger partial charge on any atom is 0.326 e. The molecule has 4 amide bonds. The summed E-state index contributed by atoms with van der Waals surface area (Å²) >= 11 is 0. The molecule has 0 aromatic carbocycles. The van der Waals surface area contributed by atoms with E-state index in [4.69, 9.17) is 16.6 Å². The summed E-state index contributed by atoms with van der Waals surface area (Å²) in [7, 11) is 0. The number of H-pyrrole nitrogens is 1. The molecule has 0 bridgehead atoms. The molecule has 0 aliphatic rings. The number of nitrogens with two attached hydrogens (primary N) is 2. The maximum atomic E-state index is 13.1. The second-order valence-electron chi connectivity index (χ2n) is 8.32. The van der Waals surface area contributed by atoms with Gasteiger partial charge in [0.05, 0.1) is 18.8 Å². The number of aromatic amines is 1. The third-order valence-corrected chi connectivity index (χ3v) is 5.43. The fraction of sp³-hybridized carbons (Fsp3) is 0.571. The van der Waals surface area contributed by atoms with E-state index in [2.05, 4.69) is 25.9 Å². The fourth-order valence-corrected chi connectivity index (χ4v) is 3.13. The van der Waals surface area contributed by atoms with Crippen LogP contribution >= 0.6 is 0 Å². The molecule has 0 fully saturated rings. The van der Waals surface area contributed by atoms with Gasteiger partial charge in [0.15, 0.2) is 0 Å². The van der Waals surface area contributed by atoms with Crippen molar-refractivity contribution in [2.24, 2.45) is 17.4 Å². The summed E-state index contributed by atoms with van der Waals surface area (Å²) in [5.74, 6) is -6.47. The lowest BCUT2D eigenvalue weighted by Crippen LogP contribution is -2.58. The van der Waals surface area contributed by atoms with Crippen LogP contribution in [0.4, 0.5) is 0 Å². The van der Waals surface area contributed by atoms with E-state index in [-0.39, 0.29) is 19.3 Å². The van der Waals surface area contributed by atoms with Crippen molar-refractivity contribution in [3.63, 3.8) is 0 Å². The summed E-state index contributed by atoms with van der Waals surface area (Å²) in [4.78, 5) is 78.8. The molecule has 36 heavy (non-hydrogen) atoms. The van der Waals surface area contributed by atoms with Gasteiger partial charge in [-0.3, -0.25) is 24.0 Å². The summed E-state index contributed by atoms with van der Waals surface area (Å²) < 4.78 is 0. The average Bonchev–Trinajstić information content (AvgIpc) is 3.31. The molecule has 1 aromatic rings. The zero-order valence-electron chi connectivity index (χ0n) is 20.0. The van der Waals surface area contributed by atoms with Crippen LogP contribution < -0.4 is 27.4 Å². The number of carboxylic acid groups (broad SMARTS) is 2. The first-order chi connectivity index (χ1) is 16.8. The minimum absolute atomic E-state index is 0.112. The minimum Gasteiger partial charge on any atom is -0.481 e. The van der Waals surface area contributed by atoms with Gasteiger partial charge in [-0.2, -0.15) is 0 Å². The van der Waals surface area contributed by atoms with Crippen LogP contribution in [0.2, 0.25) is 0 Å². The molecule has 5 atom stereocenters. The Morgan fingerprint density at radius 3 is 2.14 bits per heavy atom. The standard InChI is InChI=1S/C21H33N7O8/c1-3-10(2)17(21(35)36)28-20(34)14(7-15(23)29)27-19(33)13(6-11-8-24-9-25-11)26-18(32)12(22)4-5-16(30)31/h8-10,12-14,17H,3-7,22H2,1-2H3,(H2,23,29)(H,24,25)(H,26,32)(H,27,33)(H,28,34)(H,30,31)(H,35,36). The van der Waals surface area contributed by atoms with Gasteiger partial charge in [-0.1, -0.05) is 20.3 Å². The number of aliphatic carboxylic acids is 2. The van der Waals surface area contributed by atoms with Crippen LogP contribution in [0.3, 0.4) is 0 Å². The first-order valence-corrected chi connectivity index (χ1v) is 11.2. The molecular formula is C21H33N7O8. The number of primary amides is 1. The van der Waals surface area contributed by atoms with Gasteiger partial charge in [0, 0.05) is 24.7 Å². The number of carbonyl (C=O) groups is 6. The summed E-state index contributed by atoms with van der Waals surface area (Å²) in [5.41, 5.74) is 11.4. The molecule has 0 aliphatic heterocycles. The van der Waals surface area contributed by atoms with Gasteiger partial charge in [0.1, 0.15) is 18.1 Å². The molecule has 5 unspecified atom stereocenters. The Balaban J connectivity index is 3.07. The fourth-order valence-electron chi connectivity index (χ4n) is 3.13. The van der Waals surface area contributed by atoms with Crippen molar-refractivity contribution in [2.45, 2.75) is 70.1 Å². The van der Waals surface area contributed by atoms with Crippen LogP contribution in [0.5, 0.6) is 0 Å². The highest BCUT2D eigenvalue weighted by atomic mass is 16.4. The van der Waals surface area contributed by atoms with Crippen LogP contribution in [0.15, 0.2) is 12.5 Å². The van der Waals surface area contributed by atoms with Crippen molar-refractivity contribution >= 4 is 35.6 Å². The summed E-state index contributed by atoms with van der Waals surface area (Å²) in [5, 5.41) is 25.3.